The summed E-state index contributed by atoms with van der Waals surface area (Å²) in [5.74, 6) is 1.91. The van der Waals surface area contributed by atoms with Gasteiger partial charge in [0, 0.05) is 24.4 Å². The van der Waals surface area contributed by atoms with Crippen molar-refractivity contribution in [1.29, 1.82) is 0 Å². The lowest BCUT2D eigenvalue weighted by Crippen LogP contribution is -2.16. The van der Waals surface area contributed by atoms with Crippen molar-refractivity contribution in [1.82, 2.24) is 19.7 Å². The average molecular weight is 214 g/mol. The summed E-state index contributed by atoms with van der Waals surface area (Å²) in [5.41, 5.74) is 0.997. The molecule has 0 radical (unpaired) electrons. The van der Waals surface area contributed by atoms with Crippen molar-refractivity contribution in [3.05, 3.63) is 30.4 Å². The largest absolute Gasteiger partial charge is 0.264 e. The molecule has 16 heavy (non-hydrogen) atoms. The summed E-state index contributed by atoms with van der Waals surface area (Å²) < 4.78 is 2.06. The molecule has 0 aromatic carbocycles. The Bertz CT molecular complexity index is 489. The van der Waals surface area contributed by atoms with Gasteiger partial charge in [-0.2, -0.15) is 5.10 Å². The van der Waals surface area contributed by atoms with Gasteiger partial charge in [-0.05, 0) is 31.9 Å². The van der Waals surface area contributed by atoms with Gasteiger partial charge in [-0.15, -0.1) is 0 Å². The van der Waals surface area contributed by atoms with E-state index in [1.165, 1.54) is 12.8 Å². The monoisotopic (exact) mass is 214 g/mol. The van der Waals surface area contributed by atoms with Crippen LogP contribution in [0.4, 0.5) is 0 Å². The van der Waals surface area contributed by atoms with Gasteiger partial charge in [-0.3, -0.25) is 4.98 Å². The third-order valence-electron chi connectivity index (χ3n) is 3.06. The molecule has 0 bridgehead atoms. The van der Waals surface area contributed by atoms with E-state index in [4.69, 9.17) is 0 Å². The molecule has 0 spiro atoms. The first-order valence-electron chi connectivity index (χ1n) is 5.70. The average Bonchev–Trinajstić information content (AvgIpc) is 2.76. The van der Waals surface area contributed by atoms with E-state index in [-0.39, 0.29) is 0 Å². The van der Waals surface area contributed by atoms with E-state index in [0.717, 1.165) is 23.6 Å². The van der Waals surface area contributed by atoms with Crippen molar-refractivity contribution < 1.29 is 0 Å². The highest BCUT2D eigenvalue weighted by molar-refractivity contribution is 5.52. The molecule has 4 heteroatoms. The van der Waals surface area contributed by atoms with E-state index in [9.17, 15) is 0 Å². The number of pyridine rings is 1. The first kappa shape index (κ1) is 9.51. The Hall–Kier alpha value is -1.71. The van der Waals surface area contributed by atoms with Gasteiger partial charge in [0.25, 0.3) is 0 Å². The molecule has 1 unspecified atom stereocenters. The fourth-order valence-electron chi connectivity index (χ4n) is 2.17. The zero-order valence-electron chi connectivity index (χ0n) is 9.30. The van der Waals surface area contributed by atoms with Crippen molar-refractivity contribution in [2.45, 2.75) is 32.2 Å². The summed E-state index contributed by atoms with van der Waals surface area (Å²) in [4.78, 5) is 8.68. The fourth-order valence-corrected chi connectivity index (χ4v) is 2.17. The zero-order chi connectivity index (χ0) is 11.0. The first-order valence-corrected chi connectivity index (χ1v) is 5.70. The number of nitrogens with zero attached hydrogens (tertiary/aromatic N) is 4. The van der Waals surface area contributed by atoms with Gasteiger partial charge >= 0.3 is 0 Å². The minimum Gasteiger partial charge on any atom is -0.264 e. The summed E-state index contributed by atoms with van der Waals surface area (Å²) in [6.07, 6.45) is 7.03. The lowest BCUT2D eigenvalue weighted by molar-refractivity contribution is 0.389. The molecule has 82 valence electrons. The smallest absolute Gasteiger partial charge is 0.182 e. The highest BCUT2D eigenvalue weighted by atomic mass is 15.4. The van der Waals surface area contributed by atoms with E-state index < -0.39 is 0 Å². The third kappa shape index (κ3) is 1.50. The summed E-state index contributed by atoms with van der Waals surface area (Å²) >= 11 is 0. The Kier molecular flexibility index (Phi) is 2.20. The molecule has 1 aliphatic rings. The van der Waals surface area contributed by atoms with E-state index >= 15 is 0 Å². The maximum atomic E-state index is 4.58. The Labute approximate surface area is 94.4 Å². The number of rotatable bonds is 1. The van der Waals surface area contributed by atoms with Crippen LogP contribution in [0.1, 0.15) is 31.6 Å². The summed E-state index contributed by atoms with van der Waals surface area (Å²) in [5, 5.41) is 4.57. The van der Waals surface area contributed by atoms with Crippen LogP contribution >= 0.6 is 0 Å². The first-order chi connectivity index (χ1) is 7.84. The van der Waals surface area contributed by atoms with Gasteiger partial charge in [0.1, 0.15) is 5.82 Å². The van der Waals surface area contributed by atoms with Crippen LogP contribution in [0, 0.1) is 0 Å². The van der Waals surface area contributed by atoms with Gasteiger partial charge < -0.3 is 0 Å². The molecule has 0 aliphatic carbocycles. The van der Waals surface area contributed by atoms with Gasteiger partial charge in [0.05, 0.1) is 6.04 Å². The van der Waals surface area contributed by atoms with E-state index in [2.05, 4.69) is 26.7 Å². The van der Waals surface area contributed by atoms with Crippen LogP contribution in [-0.2, 0) is 6.42 Å². The lowest BCUT2D eigenvalue weighted by Gasteiger charge is -2.18. The van der Waals surface area contributed by atoms with E-state index in [1.807, 2.05) is 18.3 Å². The van der Waals surface area contributed by atoms with Crippen molar-refractivity contribution in [2.24, 2.45) is 0 Å². The molecule has 1 atom stereocenters. The van der Waals surface area contributed by atoms with E-state index in [0.29, 0.717) is 6.04 Å². The lowest BCUT2D eigenvalue weighted by atomic mass is 10.1. The highest BCUT2D eigenvalue weighted by Gasteiger charge is 2.19. The number of hydrogen-bond acceptors (Lipinski definition) is 3. The van der Waals surface area contributed by atoms with Crippen molar-refractivity contribution >= 4 is 0 Å². The second kappa shape index (κ2) is 3.70. The molecule has 3 heterocycles. The van der Waals surface area contributed by atoms with Crippen LogP contribution in [0.2, 0.25) is 0 Å². The highest BCUT2D eigenvalue weighted by Crippen LogP contribution is 2.24. The minimum atomic E-state index is 0.474. The van der Waals surface area contributed by atoms with Crippen LogP contribution in [0.25, 0.3) is 11.4 Å². The maximum Gasteiger partial charge on any atom is 0.182 e. The second-order valence-electron chi connectivity index (χ2n) is 4.28. The van der Waals surface area contributed by atoms with Gasteiger partial charge in [-0.25, -0.2) is 9.67 Å². The standard InChI is InChI=1S/C12H14N4/c1-9-4-2-6-11-14-12(15-16(9)11)10-5-3-7-13-8-10/h3,5,7-9H,2,4,6H2,1H3. The number of fused-ring (bicyclic) bond motifs is 1. The molecular weight excluding hydrogens is 200 g/mol. The number of aryl methyl sites for hydroxylation is 1. The molecule has 0 saturated heterocycles. The molecular formula is C12H14N4. The zero-order valence-corrected chi connectivity index (χ0v) is 9.30. The van der Waals surface area contributed by atoms with Crippen LogP contribution in [0.5, 0.6) is 0 Å². The van der Waals surface area contributed by atoms with Crippen LogP contribution in [-0.4, -0.2) is 19.7 Å². The number of hydrogen-bond donors (Lipinski definition) is 0. The Balaban J connectivity index is 2.05. The van der Waals surface area contributed by atoms with Crippen LogP contribution in [0.3, 0.4) is 0 Å². The molecule has 0 fully saturated rings. The predicted molar refractivity (Wildman–Crippen MR) is 60.9 cm³/mol. The quantitative estimate of drug-likeness (QED) is 0.731. The number of aromatic nitrogens is 4. The van der Waals surface area contributed by atoms with E-state index in [1.54, 1.807) is 6.20 Å². The molecule has 0 saturated carbocycles. The summed E-state index contributed by atoms with van der Waals surface area (Å²) in [6, 6.07) is 4.39. The molecule has 0 N–H and O–H groups in total. The second-order valence-corrected chi connectivity index (χ2v) is 4.28. The Morgan fingerprint density at radius 1 is 1.44 bits per heavy atom. The fraction of sp³-hybridized carbons (Fsp3) is 0.417. The minimum absolute atomic E-state index is 0.474. The molecule has 2 aromatic rings. The molecule has 4 nitrogen and oxygen atoms in total. The molecule has 2 aromatic heterocycles. The topological polar surface area (TPSA) is 43.6 Å². The van der Waals surface area contributed by atoms with Crippen molar-refractivity contribution in [2.75, 3.05) is 0 Å². The molecule has 1 aliphatic heterocycles. The summed E-state index contributed by atoms with van der Waals surface area (Å²) in [7, 11) is 0. The van der Waals surface area contributed by atoms with Gasteiger partial charge in [-0.1, -0.05) is 0 Å². The molecule has 0 amide bonds. The van der Waals surface area contributed by atoms with Crippen molar-refractivity contribution in [3.63, 3.8) is 0 Å². The molecule has 3 rings (SSSR count). The summed E-state index contributed by atoms with van der Waals surface area (Å²) in [6.45, 7) is 2.20. The Morgan fingerprint density at radius 2 is 2.38 bits per heavy atom. The van der Waals surface area contributed by atoms with Gasteiger partial charge in [0.2, 0.25) is 0 Å². The SMILES string of the molecule is CC1CCCc2nc(-c3cccnc3)nn21. The van der Waals surface area contributed by atoms with Crippen LogP contribution in [0.15, 0.2) is 24.5 Å². The maximum absolute atomic E-state index is 4.58. The Morgan fingerprint density at radius 3 is 3.12 bits per heavy atom. The normalized spacial score (nSPS) is 19.4. The van der Waals surface area contributed by atoms with Crippen molar-refractivity contribution in [3.8, 4) is 11.4 Å². The third-order valence-corrected chi connectivity index (χ3v) is 3.06. The van der Waals surface area contributed by atoms with Crippen LogP contribution < -0.4 is 0 Å². The van der Waals surface area contributed by atoms with Gasteiger partial charge in [0.15, 0.2) is 5.82 Å². The predicted octanol–water partition coefficient (Wildman–Crippen LogP) is 2.24.